The zero-order valence-electron chi connectivity index (χ0n) is 7.80. The van der Waals surface area contributed by atoms with Crippen molar-refractivity contribution in [2.45, 2.75) is 27.7 Å². The zero-order valence-corrected chi connectivity index (χ0v) is 8.62. The summed E-state index contributed by atoms with van der Waals surface area (Å²) in [5, 5.41) is 0. The van der Waals surface area contributed by atoms with Gasteiger partial charge in [0.2, 0.25) is 0 Å². The molecule has 0 radical (unpaired) electrons. The van der Waals surface area contributed by atoms with Gasteiger partial charge in [-0.05, 0) is 27.7 Å². The highest BCUT2D eigenvalue weighted by molar-refractivity contribution is 7.17. The quantitative estimate of drug-likeness (QED) is 0.609. The van der Waals surface area contributed by atoms with E-state index in [9.17, 15) is 0 Å². The van der Waals surface area contributed by atoms with Gasteiger partial charge in [-0.2, -0.15) is 0 Å². The summed E-state index contributed by atoms with van der Waals surface area (Å²) in [6, 6.07) is 0. The maximum atomic E-state index is 4.48. The second kappa shape index (κ2) is 2.33. The van der Waals surface area contributed by atoms with Gasteiger partial charge in [-0.1, -0.05) is 0 Å². The zero-order chi connectivity index (χ0) is 8.88. The molecule has 0 atom stereocenters. The molecule has 0 bridgehead atoms. The molecular formula is C9H12N2S. The molecule has 3 heteroatoms. The minimum Gasteiger partial charge on any atom is -0.292 e. The Labute approximate surface area is 75.9 Å². The lowest BCUT2D eigenvalue weighted by atomic mass is 10.3. The summed E-state index contributed by atoms with van der Waals surface area (Å²) in [6.07, 6.45) is 0. The second-order valence-corrected chi connectivity index (χ2v) is 4.33. The Morgan fingerprint density at radius 2 is 1.75 bits per heavy atom. The third kappa shape index (κ3) is 0.829. The predicted octanol–water partition coefficient (Wildman–Crippen LogP) is 2.63. The van der Waals surface area contributed by atoms with E-state index < -0.39 is 0 Å². The van der Waals surface area contributed by atoms with Gasteiger partial charge in [0.15, 0.2) is 4.96 Å². The molecule has 64 valence electrons. The second-order valence-electron chi connectivity index (χ2n) is 3.14. The topological polar surface area (TPSA) is 17.3 Å². The SMILES string of the molecule is Cc1nc2sc(C)c(C)n2c1C. The van der Waals surface area contributed by atoms with Gasteiger partial charge in [-0.15, -0.1) is 11.3 Å². The van der Waals surface area contributed by atoms with Crippen molar-refractivity contribution in [2.75, 3.05) is 0 Å². The first kappa shape index (κ1) is 7.80. The molecule has 0 amide bonds. The van der Waals surface area contributed by atoms with Crippen LogP contribution in [0, 0.1) is 27.7 Å². The first-order valence-corrected chi connectivity index (χ1v) is 4.84. The maximum Gasteiger partial charge on any atom is 0.194 e. The van der Waals surface area contributed by atoms with Crippen molar-refractivity contribution in [3.63, 3.8) is 0 Å². The van der Waals surface area contributed by atoms with E-state index >= 15 is 0 Å². The van der Waals surface area contributed by atoms with Crippen LogP contribution >= 0.6 is 11.3 Å². The monoisotopic (exact) mass is 180 g/mol. The molecule has 0 unspecified atom stereocenters. The van der Waals surface area contributed by atoms with Crippen LogP contribution < -0.4 is 0 Å². The van der Waals surface area contributed by atoms with Gasteiger partial charge in [0, 0.05) is 16.3 Å². The molecular weight excluding hydrogens is 168 g/mol. The van der Waals surface area contributed by atoms with E-state index in [0.717, 1.165) is 10.7 Å². The Kier molecular flexibility index (Phi) is 1.51. The van der Waals surface area contributed by atoms with Crippen LogP contribution in [0.4, 0.5) is 0 Å². The fourth-order valence-electron chi connectivity index (χ4n) is 1.41. The van der Waals surface area contributed by atoms with Crippen molar-refractivity contribution < 1.29 is 0 Å². The average molecular weight is 180 g/mol. The molecule has 0 spiro atoms. The van der Waals surface area contributed by atoms with E-state index in [2.05, 4.69) is 37.1 Å². The lowest BCUT2D eigenvalue weighted by molar-refractivity contribution is 1.04. The van der Waals surface area contributed by atoms with E-state index in [-0.39, 0.29) is 0 Å². The van der Waals surface area contributed by atoms with Crippen molar-refractivity contribution in [3.05, 3.63) is 22.0 Å². The Bertz CT molecular complexity index is 399. The minimum atomic E-state index is 1.12. The van der Waals surface area contributed by atoms with Gasteiger partial charge in [0.1, 0.15) is 0 Å². The summed E-state index contributed by atoms with van der Waals surface area (Å²) in [5.74, 6) is 0. The summed E-state index contributed by atoms with van der Waals surface area (Å²) < 4.78 is 2.23. The standard InChI is InChI=1S/C9H12N2S/c1-5-6(2)11-7(3)8(4)12-9(11)10-5/h1-4H3. The Morgan fingerprint density at radius 3 is 2.33 bits per heavy atom. The molecule has 2 rings (SSSR count). The van der Waals surface area contributed by atoms with Crippen LogP contribution in [-0.4, -0.2) is 9.38 Å². The third-order valence-electron chi connectivity index (χ3n) is 2.40. The van der Waals surface area contributed by atoms with Gasteiger partial charge in [0.25, 0.3) is 0 Å². The van der Waals surface area contributed by atoms with E-state index in [0.29, 0.717) is 0 Å². The summed E-state index contributed by atoms with van der Waals surface area (Å²) in [5.41, 5.74) is 3.74. The summed E-state index contributed by atoms with van der Waals surface area (Å²) in [6.45, 7) is 8.47. The van der Waals surface area contributed by atoms with Gasteiger partial charge < -0.3 is 0 Å². The van der Waals surface area contributed by atoms with E-state index in [1.807, 2.05) is 0 Å². The lowest BCUT2D eigenvalue weighted by Crippen LogP contribution is -1.88. The van der Waals surface area contributed by atoms with Crippen molar-refractivity contribution in [1.29, 1.82) is 0 Å². The molecule has 12 heavy (non-hydrogen) atoms. The number of nitrogens with zero attached hydrogens (tertiary/aromatic N) is 2. The molecule has 2 aromatic rings. The van der Waals surface area contributed by atoms with Crippen LogP contribution in [0.25, 0.3) is 4.96 Å². The molecule has 0 N–H and O–H groups in total. The van der Waals surface area contributed by atoms with Gasteiger partial charge in [-0.25, -0.2) is 4.98 Å². The van der Waals surface area contributed by atoms with Crippen LogP contribution in [0.15, 0.2) is 0 Å². The highest BCUT2D eigenvalue weighted by atomic mass is 32.1. The molecule has 2 heterocycles. The molecule has 0 aliphatic heterocycles. The molecule has 0 saturated heterocycles. The largest absolute Gasteiger partial charge is 0.292 e. The number of imidazole rings is 1. The average Bonchev–Trinajstić information content (AvgIpc) is 2.40. The van der Waals surface area contributed by atoms with Crippen LogP contribution in [-0.2, 0) is 0 Å². The number of rotatable bonds is 0. The third-order valence-corrected chi connectivity index (χ3v) is 3.46. The van der Waals surface area contributed by atoms with Crippen LogP contribution in [0.1, 0.15) is 22.0 Å². The van der Waals surface area contributed by atoms with Crippen molar-refractivity contribution in [1.82, 2.24) is 9.38 Å². The van der Waals surface area contributed by atoms with E-state index in [1.54, 1.807) is 11.3 Å². The van der Waals surface area contributed by atoms with Crippen molar-refractivity contribution in [3.8, 4) is 0 Å². The highest BCUT2D eigenvalue weighted by Crippen LogP contribution is 2.24. The van der Waals surface area contributed by atoms with E-state index in [4.69, 9.17) is 0 Å². The summed E-state index contributed by atoms with van der Waals surface area (Å²) in [4.78, 5) is 6.96. The number of hydrogen-bond acceptors (Lipinski definition) is 2. The van der Waals surface area contributed by atoms with Crippen molar-refractivity contribution >= 4 is 16.3 Å². The van der Waals surface area contributed by atoms with Gasteiger partial charge in [0.05, 0.1) is 5.69 Å². The molecule has 0 aromatic carbocycles. The minimum absolute atomic E-state index is 1.12. The number of fused-ring (bicyclic) bond motifs is 1. The van der Waals surface area contributed by atoms with E-state index in [1.165, 1.54) is 16.3 Å². The number of hydrogen-bond donors (Lipinski definition) is 0. The highest BCUT2D eigenvalue weighted by Gasteiger charge is 2.10. The van der Waals surface area contributed by atoms with Crippen LogP contribution in [0.5, 0.6) is 0 Å². The van der Waals surface area contributed by atoms with Gasteiger partial charge in [-0.3, -0.25) is 4.40 Å². The van der Waals surface area contributed by atoms with Crippen LogP contribution in [0.3, 0.4) is 0 Å². The number of aromatic nitrogens is 2. The summed E-state index contributed by atoms with van der Waals surface area (Å²) in [7, 11) is 0. The van der Waals surface area contributed by atoms with Gasteiger partial charge >= 0.3 is 0 Å². The fraction of sp³-hybridized carbons (Fsp3) is 0.444. The number of thiazole rings is 1. The Morgan fingerprint density at radius 1 is 1.08 bits per heavy atom. The molecule has 2 nitrogen and oxygen atoms in total. The smallest absolute Gasteiger partial charge is 0.194 e. The Balaban J connectivity index is 2.94. The molecule has 0 saturated carbocycles. The molecule has 2 aromatic heterocycles. The first-order chi connectivity index (χ1) is 5.61. The Hall–Kier alpha value is -0.830. The molecule has 0 fully saturated rings. The first-order valence-electron chi connectivity index (χ1n) is 4.03. The molecule has 0 aliphatic rings. The fourth-order valence-corrected chi connectivity index (χ4v) is 2.47. The molecule has 0 aliphatic carbocycles. The predicted molar refractivity (Wildman–Crippen MR) is 52.0 cm³/mol. The van der Waals surface area contributed by atoms with Crippen molar-refractivity contribution in [2.24, 2.45) is 0 Å². The lowest BCUT2D eigenvalue weighted by Gasteiger charge is -1.94. The normalized spacial score (nSPS) is 11.3. The number of aryl methyl sites for hydroxylation is 4. The summed E-state index contributed by atoms with van der Waals surface area (Å²) >= 11 is 1.77. The maximum absolute atomic E-state index is 4.48. The van der Waals surface area contributed by atoms with Crippen LogP contribution in [0.2, 0.25) is 0 Å².